The first-order chi connectivity index (χ1) is 11.0. The van der Waals surface area contributed by atoms with Crippen LogP contribution in [0.5, 0.6) is 0 Å². The third-order valence-corrected chi connectivity index (χ3v) is 4.47. The number of hydrogen-bond acceptors (Lipinski definition) is 5. The van der Waals surface area contributed by atoms with Crippen LogP contribution in [0.3, 0.4) is 0 Å². The van der Waals surface area contributed by atoms with Gasteiger partial charge in [-0.2, -0.15) is 0 Å². The Balaban J connectivity index is 1.91. The molecule has 2 atom stereocenters. The molecule has 1 aliphatic rings. The van der Waals surface area contributed by atoms with Crippen molar-refractivity contribution < 1.29 is 14.3 Å². The molecule has 0 aliphatic carbocycles. The zero-order chi connectivity index (χ0) is 16.8. The predicted octanol–water partition coefficient (Wildman–Crippen LogP) is 2.29. The number of benzene rings is 1. The van der Waals surface area contributed by atoms with Gasteiger partial charge in [-0.1, -0.05) is 35.5 Å². The van der Waals surface area contributed by atoms with Crippen LogP contribution in [0.1, 0.15) is 13.3 Å². The van der Waals surface area contributed by atoms with Gasteiger partial charge in [0.05, 0.1) is 23.4 Å². The maximum atomic E-state index is 12.1. The highest BCUT2D eigenvalue weighted by Gasteiger charge is 2.32. The number of para-hydroxylation sites is 1. The van der Waals surface area contributed by atoms with E-state index < -0.39 is 5.25 Å². The van der Waals surface area contributed by atoms with Crippen molar-refractivity contribution in [2.24, 2.45) is 4.99 Å². The Morgan fingerprint density at radius 3 is 2.96 bits per heavy atom. The van der Waals surface area contributed by atoms with Gasteiger partial charge in [0.25, 0.3) is 0 Å². The summed E-state index contributed by atoms with van der Waals surface area (Å²) in [7, 11) is 1.60. The largest absolute Gasteiger partial charge is 0.382 e. The van der Waals surface area contributed by atoms with Gasteiger partial charge < -0.3 is 15.4 Å². The molecule has 2 rings (SSSR count). The molecule has 0 saturated carbocycles. The van der Waals surface area contributed by atoms with Crippen LogP contribution in [-0.2, 0) is 14.3 Å². The maximum Gasteiger partial charge on any atom is 0.240 e. The van der Waals surface area contributed by atoms with Gasteiger partial charge in [-0.15, -0.1) is 0 Å². The van der Waals surface area contributed by atoms with Crippen LogP contribution in [-0.4, -0.2) is 42.0 Å². The first kappa shape index (κ1) is 17.8. The lowest BCUT2D eigenvalue weighted by Gasteiger charge is -2.08. The summed E-state index contributed by atoms with van der Waals surface area (Å²) >= 11 is 7.25. The minimum absolute atomic E-state index is 0.0550. The van der Waals surface area contributed by atoms with Crippen LogP contribution >= 0.6 is 23.4 Å². The maximum absolute atomic E-state index is 12.1. The molecular formula is C15H18ClN3O3S. The summed E-state index contributed by atoms with van der Waals surface area (Å²) in [6.45, 7) is 2.36. The second kappa shape index (κ2) is 8.33. The lowest BCUT2D eigenvalue weighted by Crippen LogP contribution is -2.28. The fourth-order valence-electron chi connectivity index (χ4n) is 2.01. The van der Waals surface area contributed by atoms with E-state index >= 15 is 0 Å². The quantitative estimate of drug-likeness (QED) is 0.820. The number of halogens is 1. The SMILES string of the molecule is COC[C@H](C)N=C1NC(=O)[C@@H](CC(=O)Nc2ccccc2Cl)S1. The lowest BCUT2D eigenvalue weighted by atomic mass is 10.2. The van der Waals surface area contributed by atoms with E-state index in [1.165, 1.54) is 11.8 Å². The van der Waals surface area contributed by atoms with Gasteiger partial charge in [-0.05, 0) is 19.1 Å². The fraction of sp³-hybridized carbons (Fsp3) is 0.400. The third kappa shape index (κ3) is 5.23. The van der Waals surface area contributed by atoms with Gasteiger partial charge in [-0.25, -0.2) is 0 Å². The van der Waals surface area contributed by atoms with Crippen molar-refractivity contribution in [3.05, 3.63) is 29.3 Å². The number of aliphatic imine (C=N–C) groups is 1. The number of ether oxygens (including phenoxy) is 1. The number of hydrogen-bond donors (Lipinski definition) is 2. The van der Waals surface area contributed by atoms with Crippen LogP contribution < -0.4 is 10.6 Å². The topological polar surface area (TPSA) is 79.8 Å². The molecule has 2 amide bonds. The molecule has 1 aromatic carbocycles. The monoisotopic (exact) mass is 355 g/mol. The van der Waals surface area contributed by atoms with E-state index in [4.69, 9.17) is 16.3 Å². The van der Waals surface area contributed by atoms with Crippen LogP contribution in [0.4, 0.5) is 5.69 Å². The number of carbonyl (C=O) groups is 2. The minimum atomic E-state index is -0.494. The Bertz CT molecular complexity index is 624. The average Bonchev–Trinajstić information content (AvgIpc) is 2.81. The lowest BCUT2D eigenvalue weighted by molar-refractivity contribution is -0.122. The van der Waals surface area contributed by atoms with E-state index in [1.54, 1.807) is 31.4 Å². The van der Waals surface area contributed by atoms with Gasteiger partial charge in [0, 0.05) is 13.5 Å². The molecule has 0 spiro atoms. The first-order valence-corrected chi connectivity index (χ1v) is 8.34. The van der Waals surface area contributed by atoms with Crippen LogP contribution in [0.25, 0.3) is 0 Å². The van der Waals surface area contributed by atoms with Gasteiger partial charge in [0.15, 0.2) is 5.17 Å². The summed E-state index contributed by atoms with van der Waals surface area (Å²) < 4.78 is 5.00. The molecule has 6 nitrogen and oxygen atoms in total. The summed E-state index contributed by atoms with van der Waals surface area (Å²) in [5.41, 5.74) is 0.533. The van der Waals surface area contributed by atoms with Gasteiger partial charge in [0.1, 0.15) is 5.25 Å². The van der Waals surface area contributed by atoms with Crippen molar-refractivity contribution in [1.29, 1.82) is 0 Å². The molecule has 8 heteroatoms. The van der Waals surface area contributed by atoms with E-state index in [0.717, 1.165) is 0 Å². The molecule has 0 aromatic heterocycles. The van der Waals surface area contributed by atoms with E-state index in [2.05, 4.69) is 15.6 Å². The molecule has 1 fully saturated rings. The number of carbonyl (C=O) groups excluding carboxylic acids is 2. The summed E-state index contributed by atoms with van der Waals surface area (Å²) in [5.74, 6) is -0.482. The molecule has 1 aromatic rings. The van der Waals surface area contributed by atoms with Crippen molar-refractivity contribution >= 4 is 46.0 Å². The normalized spacial score (nSPS) is 20.4. The van der Waals surface area contributed by atoms with Crippen LogP contribution in [0.2, 0.25) is 5.02 Å². The second-order valence-corrected chi connectivity index (χ2v) is 6.67. The van der Waals surface area contributed by atoms with Gasteiger partial charge in [-0.3, -0.25) is 14.6 Å². The summed E-state index contributed by atoms with van der Waals surface area (Å²) in [4.78, 5) is 28.3. The Morgan fingerprint density at radius 2 is 2.26 bits per heavy atom. The molecule has 1 heterocycles. The van der Waals surface area contributed by atoms with E-state index in [1.807, 2.05) is 6.92 Å². The molecule has 0 radical (unpaired) electrons. The number of amides is 2. The number of amidine groups is 1. The zero-order valence-corrected chi connectivity index (χ0v) is 14.4. The number of anilines is 1. The number of nitrogens with one attached hydrogen (secondary N) is 2. The number of methoxy groups -OCH3 is 1. The highest BCUT2D eigenvalue weighted by Crippen LogP contribution is 2.25. The Hall–Kier alpha value is -1.57. The Kier molecular flexibility index (Phi) is 6.44. The van der Waals surface area contributed by atoms with Gasteiger partial charge >= 0.3 is 0 Å². The molecule has 0 bridgehead atoms. The summed E-state index contributed by atoms with van der Waals surface area (Å²) in [5, 5.41) is 5.88. The van der Waals surface area contributed by atoms with Crippen molar-refractivity contribution in [2.75, 3.05) is 19.0 Å². The molecule has 1 aliphatic heterocycles. The molecule has 1 saturated heterocycles. The molecule has 124 valence electrons. The Labute approximate surface area is 144 Å². The van der Waals surface area contributed by atoms with E-state index in [-0.39, 0.29) is 24.3 Å². The summed E-state index contributed by atoms with van der Waals surface area (Å²) in [6.07, 6.45) is 0.0550. The molecular weight excluding hydrogens is 338 g/mol. The highest BCUT2D eigenvalue weighted by molar-refractivity contribution is 8.15. The van der Waals surface area contributed by atoms with Crippen molar-refractivity contribution in [1.82, 2.24) is 5.32 Å². The number of nitrogens with zero attached hydrogens (tertiary/aromatic N) is 1. The third-order valence-electron chi connectivity index (χ3n) is 3.04. The highest BCUT2D eigenvalue weighted by atomic mass is 35.5. The van der Waals surface area contributed by atoms with Gasteiger partial charge in [0.2, 0.25) is 11.8 Å². The first-order valence-electron chi connectivity index (χ1n) is 7.08. The standard InChI is InChI=1S/C15H18ClN3O3S/c1-9(8-22-2)17-15-19-14(21)12(23-15)7-13(20)18-11-6-4-3-5-10(11)16/h3-6,9,12H,7-8H2,1-2H3,(H,18,20)(H,17,19,21)/t9-,12+/m0/s1. The van der Waals surface area contributed by atoms with E-state index in [0.29, 0.717) is 22.5 Å². The molecule has 2 N–H and O–H groups in total. The van der Waals surface area contributed by atoms with Crippen molar-refractivity contribution in [3.63, 3.8) is 0 Å². The summed E-state index contributed by atoms with van der Waals surface area (Å²) in [6, 6.07) is 6.90. The smallest absolute Gasteiger partial charge is 0.240 e. The number of rotatable bonds is 6. The van der Waals surface area contributed by atoms with Crippen molar-refractivity contribution in [3.8, 4) is 0 Å². The van der Waals surface area contributed by atoms with E-state index in [9.17, 15) is 9.59 Å². The Morgan fingerprint density at radius 1 is 1.52 bits per heavy atom. The molecule has 23 heavy (non-hydrogen) atoms. The average molecular weight is 356 g/mol. The van der Waals surface area contributed by atoms with Crippen LogP contribution in [0, 0.1) is 0 Å². The minimum Gasteiger partial charge on any atom is -0.382 e. The molecule has 0 unspecified atom stereocenters. The van der Waals surface area contributed by atoms with Crippen molar-refractivity contribution in [2.45, 2.75) is 24.6 Å². The predicted molar refractivity (Wildman–Crippen MR) is 93.0 cm³/mol. The second-order valence-electron chi connectivity index (χ2n) is 5.07. The number of thioether (sulfide) groups is 1. The zero-order valence-electron chi connectivity index (χ0n) is 12.8. The van der Waals surface area contributed by atoms with Crippen LogP contribution in [0.15, 0.2) is 29.3 Å². The fourth-order valence-corrected chi connectivity index (χ4v) is 3.26.